The average Bonchev–Trinajstić information content (AvgIpc) is 3.09. The van der Waals surface area contributed by atoms with E-state index >= 15 is 0 Å². The molecule has 0 radical (unpaired) electrons. The minimum atomic E-state index is -1.37. The standard InChI is InChI=1S/C18H11BrF3NO3S/c19-10-1-4-15(26-7-11-12(20)2-3-13(21)17(11)22)9(5-10)6-16-23-14(8-27-16)18(24)25/h1-5,8H,6-7H2,(H,24,25)/p-1. The van der Waals surface area contributed by atoms with Gasteiger partial charge in [-0.1, -0.05) is 15.9 Å². The number of nitrogens with zero attached hydrogens (tertiary/aromatic N) is 1. The number of aromatic carboxylic acids is 1. The van der Waals surface area contributed by atoms with Crippen LogP contribution in [-0.4, -0.2) is 11.0 Å². The quantitative estimate of drug-likeness (QED) is 0.528. The SMILES string of the molecule is O=C([O-])c1csc(Cc2cc(Br)ccc2OCc2c(F)ccc(F)c2F)n1. The molecule has 0 saturated carbocycles. The molecule has 0 aliphatic carbocycles. The van der Waals surface area contributed by atoms with Crippen molar-refractivity contribution in [2.75, 3.05) is 0 Å². The maximum absolute atomic E-state index is 13.8. The van der Waals surface area contributed by atoms with Crippen LogP contribution < -0.4 is 9.84 Å². The van der Waals surface area contributed by atoms with Gasteiger partial charge in [0.15, 0.2) is 11.6 Å². The molecular formula is C18H10BrF3NO3S-. The predicted molar refractivity (Wildman–Crippen MR) is 94.0 cm³/mol. The summed E-state index contributed by atoms with van der Waals surface area (Å²) in [5, 5.41) is 12.7. The van der Waals surface area contributed by atoms with E-state index in [1.54, 1.807) is 18.2 Å². The lowest BCUT2D eigenvalue weighted by Gasteiger charge is -2.13. The molecule has 4 nitrogen and oxygen atoms in total. The molecule has 1 heterocycles. The van der Waals surface area contributed by atoms with Gasteiger partial charge in [0.25, 0.3) is 0 Å². The third-order valence-corrected chi connectivity index (χ3v) is 4.98. The molecule has 0 amide bonds. The van der Waals surface area contributed by atoms with E-state index in [0.717, 1.165) is 21.9 Å². The average molecular weight is 457 g/mol. The van der Waals surface area contributed by atoms with Crippen molar-refractivity contribution in [3.8, 4) is 5.75 Å². The molecule has 0 saturated heterocycles. The maximum atomic E-state index is 13.8. The van der Waals surface area contributed by atoms with E-state index in [4.69, 9.17) is 4.74 Å². The maximum Gasteiger partial charge on any atom is 0.168 e. The number of carbonyl (C=O) groups excluding carboxylic acids is 1. The number of halogens is 4. The zero-order chi connectivity index (χ0) is 19.6. The molecule has 0 fully saturated rings. The van der Waals surface area contributed by atoms with Crippen molar-refractivity contribution in [1.29, 1.82) is 0 Å². The molecule has 0 aliphatic heterocycles. The lowest BCUT2D eigenvalue weighted by Crippen LogP contribution is -2.22. The third-order valence-electron chi connectivity index (χ3n) is 3.64. The van der Waals surface area contributed by atoms with Gasteiger partial charge in [0.1, 0.15) is 18.2 Å². The molecule has 3 aromatic rings. The fourth-order valence-electron chi connectivity index (χ4n) is 2.33. The topological polar surface area (TPSA) is 62.2 Å². The van der Waals surface area contributed by atoms with E-state index in [2.05, 4.69) is 20.9 Å². The smallest absolute Gasteiger partial charge is 0.168 e. The molecule has 27 heavy (non-hydrogen) atoms. The molecule has 140 valence electrons. The lowest BCUT2D eigenvalue weighted by atomic mass is 10.1. The number of benzene rings is 2. The second-order valence-corrected chi connectivity index (χ2v) is 7.31. The van der Waals surface area contributed by atoms with Gasteiger partial charge >= 0.3 is 0 Å². The number of rotatable bonds is 6. The normalized spacial score (nSPS) is 10.8. The molecule has 1 aromatic heterocycles. The Morgan fingerprint density at radius 1 is 1.19 bits per heavy atom. The van der Waals surface area contributed by atoms with Crippen LogP contribution in [-0.2, 0) is 13.0 Å². The van der Waals surface area contributed by atoms with Crippen LogP contribution in [0.1, 0.15) is 26.6 Å². The number of carboxylic acid groups (broad SMARTS) is 1. The highest BCUT2D eigenvalue weighted by Crippen LogP contribution is 2.28. The molecule has 3 rings (SSSR count). The zero-order valence-corrected chi connectivity index (χ0v) is 15.9. The number of hydrogen-bond acceptors (Lipinski definition) is 5. The first kappa shape index (κ1) is 19.4. The second-order valence-electron chi connectivity index (χ2n) is 5.45. The Bertz CT molecular complexity index is 1010. The zero-order valence-electron chi connectivity index (χ0n) is 13.5. The van der Waals surface area contributed by atoms with Crippen LogP contribution in [0.15, 0.2) is 40.2 Å². The van der Waals surface area contributed by atoms with Gasteiger partial charge in [-0.3, -0.25) is 0 Å². The molecule has 0 unspecified atom stereocenters. The van der Waals surface area contributed by atoms with Crippen LogP contribution in [0.25, 0.3) is 0 Å². The van der Waals surface area contributed by atoms with E-state index in [0.29, 0.717) is 22.4 Å². The summed E-state index contributed by atoms with van der Waals surface area (Å²) in [5.41, 5.74) is -0.0745. The molecular weight excluding hydrogens is 447 g/mol. The van der Waals surface area contributed by atoms with Gasteiger partial charge in [-0.05, 0) is 30.3 Å². The van der Waals surface area contributed by atoms with Crippen LogP contribution in [0.5, 0.6) is 5.75 Å². The minimum Gasteiger partial charge on any atom is -0.543 e. The fraction of sp³-hybridized carbons (Fsp3) is 0.111. The highest BCUT2D eigenvalue weighted by molar-refractivity contribution is 9.10. The molecule has 0 atom stereocenters. The lowest BCUT2D eigenvalue weighted by molar-refractivity contribution is -0.255. The Hall–Kier alpha value is -2.39. The molecule has 0 spiro atoms. The van der Waals surface area contributed by atoms with Gasteiger partial charge in [-0.15, -0.1) is 11.3 Å². The first-order valence-corrected chi connectivity index (χ1v) is 9.21. The first-order valence-electron chi connectivity index (χ1n) is 7.54. The Balaban J connectivity index is 1.84. The summed E-state index contributed by atoms with van der Waals surface area (Å²) >= 11 is 4.46. The van der Waals surface area contributed by atoms with Gasteiger partial charge in [-0.25, -0.2) is 18.2 Å². The van der Waals surface area contributed by atoms with Gasteiger partial charge in [0, 0.05) is 21.8 Å². The van der Waals surface area contributed by atoms with E-state index in [9.17, 15) is 23.1 Å². The van der Waals surface area contributed by atoms with Crippen molar-refractivity contribution in [3.05, 3.63) is 79.5 Å². The molecule has 2 aromatic carbocycles. The summed E-state index contributed by atoms with van der Waals surface area (Å²) in [6.07, 6.45) is 0.237. The Morgan fingerprint density at radius 3 is 2.63 bits per heavy atom. The highest BCUT2D eigenvalue weighted by atomic mass is 79.9. The van der Waals surface area contributed by atoms with Gasteiger partial charge < -0.3 is 14.6 Å². The molecule has 9 heteroatoms. The van der Waals surface area contributed by atoms with Crippen LogP contribution in [0.2, 0.25) is 0 Å². The van der Waals surface area contributed by atoms with E-state index in [1.807, 2.05) is 0 Å². The van der Waals surface area contributed by atoms with Crippen molar-refractivity contribution in [2.24, 2.45) is 0 Å². The van der Waals surface area contributed by atoms with Crippen molar-refractivity contribution in [3.63, 3.8) is 0 Å². The number of carbonyl (C=O) groups is 1. The highest BCUT2D eigenvalue weighted by Gasteiger charge is 2.16. The molecule has 0 N–H and O–H groups in total. The van der Waals surface area contributed by atoms with Gasteiger partial charge in [-0.2, -0.15) is 0 Å². The van der Waals surface area contributed by atoms with Gasteiger partial charge in [0.05, 0.1) is 22.2 Å². The Morgan fingerprint density at radius 2 is 1.93 bits per heavy atom. The number of hydrogen-bond donors (Lipinski definition) is 0. The van der Waals surface area contributed by atoms with E-state index in [-0.39, 0.29) is 12.1 Å². The Labute approximate surface area is 164 Å². The summed E-state index contributed by atoms with van der Waals surface area (Å²) in [4.78, 5) is 14.8. The second kappa shape index (κ2) is 8.10. The summed E-state index contributed by atoms with van der Waals surface area (Å²) < 4.78 is 47.1. The first-order chi connectivity index (χ1) is 12.8. The van der Waals surface area contributed by atoms with Crippen LogP contribution in [0.4, 0.5) is 13.2 Å². The summed E-state index contributed by atoms with van der Waals surface area (Å²) in [6, 6.07) is 6.51. The predicted octanol–water partition coefficient (Wildman–Crippen LogP) is 3.86. The number of thiazole rings is 1. The minimum absolute atomic E-state index is 0.170. The van der Waals surface area contributed by atoms with Gasteiger partial charge in [0.2, 0.25) is 0 Å². The number of carboxylic acids is 1. The largest absolute Gasteiger partial charge is 0.543 e. The fourth-order valence-corrected chi connectivity index (χ4v) is 3.52. The van der Waals surface area contributed by atoms with Crippen LogP contribution in [0, 0.1) is 17.5 Å². The number of aromatic nitrogens is 1. The third kappa shape index (κ3) is 4.48. The van der Waals surface area contributed by atoms with Crippen molar-refractivity contribution < 1.29 is 27.8 Å². The van der Waals surface area contributed by atoms with Crippen molar-refractivity contribution >= 4 is 33.2 Å². The summed E-state index contributed by atoms with van der Waals surface area (Å²) in [7, 11) is 0. The summed E-state index contributed by atoms with van der Waals surface area (Å²) in [6.45, 7) is -0.508. The summed E-state index contributed by atoms with van der Waals surface area (Å²) in [5.74, 6) is -4.44. The van der Waals surface area contributed by atoms with E-state index in [1.165, 1.54) is 5.38 Å². The van der Waals surface area contributed by atoms with Crippen LogP contribution in [0.3, 0.4) is 0 Å². The van der Waals surface area contributed by atoms with Crippen molar-refractivity contribution in [2.45, 2.75) is 13.0 Å². The molecule has 0 bridgehead atoms. The monoisotopic (exact) mass is 456 g/mol. The number of ether oxygens (including phenoxy) is 1. The van der Waals surface area contributed by atoms with E-state index < -0.39 is 35.6 Å². The van der Waals surface area contributed by atoms with Crippen molar-refractivity contribution in [1.82, 2.24) is 4.98 Å². The Kier molecular flexibility index (Phi) is 5.81. The van der Waals surface area contributed by atoms with Crippen LogP contribution >= 0.6 is 27.3 Å². The molecule has 0 aliphatic rings.